The number of hydrogen-bond donors (Lipinski definition) is 1. The Bertz CT molecular complexity index is 2050. The summed E-state index contributed by atoms with van der Waals surface area (Å²) >= 11 is 0. The molecule has 0 unspecified atom stereocenters. The molecule has 3 aliphatic rings. The van der Waals surface area contributed by atoms with Gasteiger partial charge < -0.3 is 24.4 Å². The van der Waals surface area contributed by atoms with Crippen molar-refractivity contribution in [2.75, 3.05) is 45.8 Å². The van der Waals surface area contributed by atoms with Crippen molar-refractivity contribution < 1.29 is 24.3 Å². The summed E-state index contributed by atoms with van der Waals surface area (Å²) < 4.78 is 1.96. The second kappa shape index (κ2) is 16.1. The predicted molar refractivity (Wildman–Crippen MR) is 211 cm³/mol. The summed E-state index contributed by atoms with van der Waals surface area (Å²) in [5.41, 5.74) is 4.17. The lowest BCUT2D eigenvalue weighted by Crippen LogP contribution is -2.75. The molecular formula is C43H51N7O5. The Balaban J connectivity index is 1.22. The minimum atomic E-state index is -0.889. The van der Waals surface area contributed by atoms with E-state index in [4.69, 9.17) is 0 Å². The number of hydrazine groups is 1. The van der Waals surface area contributed by atoms with Crippen molar-refractivity contribution in [3.8, 4) is 5.75 Å². The average molecular weight is 746 g/mol. The minimum Gasteiger partial charge on any atom is -0.508 e. The summed E-state index contributed by atoms with van der Waals surface area (Å²) in [6.45, 7) is 11.8. The number of para-hydroxylation sites is 1. The molecule has 3 fully saturated rings. The maximum absolute atomic E-state index is 14.7. The number of carbonyl (C=O) groups excluding carboxylic acids is 4. The molecule has 12 nitrogen and oxygen atoms in total. The normalized spacial score (nSPS) is 19.7. The number of rotatable bonds is 11. The van der Waals surface area contributed by atoms with Crippen LogP contribution in [0.5, 0.6) is 5.75 Å². The molecule has 3 aliphatic heterocycles. The Hall–Kier alpha value is -5.46. The number of fused-ring (bicyclic) bond motifs is 2. The van der Waals surface area contributed by atoms with Crippen molar-refractivity contribution in [3.63, 3.8) is 0 Å². The highest BCUT2D eigenvalue weighted by molar-refractivity contribution is 6.07. The van der Waals surface area contributed by atoms with E-state index in [1.165, 1.54) is 0 Å². The molecule has 55 heavy (non-hydrogen) atoms. The summed E-state index contributed by atoms with van der Waals surface area (Å²) in [6.07, 6.45) is 3.78. The van der Waals surface area contributed by atoms with Crippen LogP contribution in [0.2, 0.25) is 0 Å². The zero-order valence-corrected chi connectivity index (χ0v) is 32.0. The van der Waals surface area contributed by atoms with E-state index in [0.717, 1.165) is 40.7 Å². The van der Waals surface area contributed by atoms with Gasteiger partial charge in [-0.3, -0.25) is 24.1 Å². The Kier molecular flexibility index (Phi) is 11.1. The van der Waals surface area contributed by atoms with Gasteiger partial charge in [0, 0.05) is 76.8 Å². The van der Waals surface area contributed by atoms with Gasteiger partial charge in [0.05, 0.1) is 24.2 Å². The summed E-state index contributed by atoms with van der Waals surface area (Å²) in [4.78, 5) is 64.6. The van der Waals surface area contributed by atoms with Crippen LogP contribution in [0.1, 0.15) is 47.3 Å². The molecule has 1 aromatic heterocycles. The first kappa shape index (κ1) is 37.8. The summed E-state index contributed by atoms with van der Waals surface area (Å²) in [6, 6.07) is 21.9. The zero-order valence-electron chi connectivity index (χ0n) is 32.0. The molecule has 4 aromatic rings. The van der Waals surface area contributed by atoms with Crippen molar-refractivity contribution in [1.82, 2.24) is 34.2 Å². The maximum Gasteiger partial charge on any atom is 0.256 e. The molecular weight excluding hydrogens is 695 g/mol. The monoisotopic (exact) mass is 745 g/mol. The lowest BCUT2D eigenvalue weighted by atomic mass is 9.97. The molecule has 4 amide bonds. The number of hydrogen-bond acceptors (Lipinski definition) is 7. The van der Waals surface area contributed by atoms with Gasteiger partial charge in [0.25, 0.3) is 5.91 Å². The summed E-state index contributed by atoms with van der Waals surface area (Å²) in [5, 5.41) is 14.2. The fraction of sp³-hybridized carbons (Fsp3) is 0.395. The van der Waals surface area contributed by atoms with Gasteiger partial charge in [-0.1, -0.05) is 66.7 Å². The smallest absolute Gasteiger partial charge is 0.256 e. The lowest BCUT2D eigenvalue weighted by Gasteiger charge is -2.55. The van der Waals surface area contributed by atoms with Gasteiger partial charge in [-0.2, -0.15) is 0 Å². The predicted octanol–water partition coefficient (Wildman–Crippen LogP) is 4.04. The lowest BCUT2D eigenvalue weighted by molar-refractivity contribution is -0.205. The maximum atomic E-state index is 14.7. The van der Waals surface area contributed by atoms with Crippen LogP contribution in [0.3, 0.4) is 0 Å². The van der Waals surface area contributed by atoms with Crippen LogP contribution >= 0.6 is 0 Å². The number of phenolic OH excluding ortho intramolecular Hbond substituents is 1. The van der Waals surface area contributed by atoms with E-state index in [-0.39, 0.29) is 68.4 Å². The topological polar surface area (TPSA) is 113 Å². The van der Waals surface area contributed by atoms with Gasteiger partial charge >= 0.3 is 0 Å². The Morgan fingerprint density at radius 3 is 2.35 bits per heavy atom. The van der Waals surface area contributed by atoms with Crippen LogP contribution in [-0.2, 0) is 40.8 Å². The Morgan fingerprint density at radius 1 is 0.927 bits per heavy atom. The fourth-order valence-electron chi connectivity index (χ4n) is 8.44. The van der Waals surface area contributed by atoms with Crippen LogP contribution in [0.15, 0.2) is 91.6 Å². The van der Waals surface area contributed by atoms with E-state index in [0.29, 0.717) is 31.1 Å². The standard InChI is InChI=1S/C43H51N7O5/c1-5-20-48-29-40(53)49-37(25-32-14-17-34(51)18-15-32)43(55)47(28-38(49)50(48)39(52)19-16-31-10-7-6-8-11-31)26-33-12-9-13-35-36(27-44(4)41(33)35)42(54)46-23-21-45(22-24-46)30(2)3/h5-15,17-18,27,30,37-38,51H,1,16,19-26,28-29H2,2-4H3/t37-,38-/m0/s1. The number of benzene rings is 3. The van der Waals surface area contributed by atoms with Gasteiger partial charge in [-0.25, -0.2) is 10.0 Å². The molecule has 0 saturated carbocycles. The van der Waals surface area contributed by atoms with Gasteiger partial charge in [0.15, 0.2) is 0 Å². The van der Waals surface area contributed by atoms with Crippen molar-refractivity contribution in [2.45, 2.75) is 57.9 Å². The van der Waals surface area contributed by atoms with E-state index >= 15 is 0 Å². The fourth-order valence-corrected chi connectivity index (χ4v) is 8.44. The molecule has 0 spiro atoms. The van der Waals surface area contributed by atoms with E-state index in [1.54, 1.807) is 50.2 Å². The second-order valence-corrected chi connectivity index (χ2v) is 15.1. The van der Waals surface area contributed by atoms with Crippen LogP contribution in [-0.4, -0.2) is 127 Å². The number of amides is 4. The number of aromatic nitrogens is 1. The quantitative estimate of drug-likeness (QED) is 0.231. The van der Waals surface area contributed by atoms with E-state index in [1.807, 2.05) is 71.2 Å². The van der Waals surface area contributed by atoms with E-state index in [2.05, 4.69) is 25.3 Å². The molecule has 0 bridgehead atoms. The third kappa shape index (κ3) is 7.74. The summed E-state index contributed by atoms with van der Waals surface area (Å²) in [5.74, 6) is -0.506. The molecule has 7 rings (SSSR count). The SMILES string of the molecule is C=CCN1CC(=O)N2[C@@H](Cc3ccc(O)cc3)C(=O)N(Cc3cccc4c(C(=O)N5CCN(C(C)C)CC5)cn(C)c34)C[C@@H]2N1C(=O)CCc1ccccc1. The van der Waals surface area contributed by atoms with Gasteiger partial charge in [-0.15, -0.1) is 6.58 Å². The van der Waals surface area contributed by atoms with E-state index in [9.17, 15) is 24.3 Å². The first-order chi connectivity index (χ1) is 26.5. The third-order valence-electron chi connectivity index (χ3n) is 11.3. The van der Waals surface area contributed by atoms with Crippen LogP contribution < -0.4 is 0 Å². The highest BCUT2D eigenvalue weighted by atomic mass is 16.3. The molecule has 0 radical (unpaired) electrons. The second-order valence-electron chi connectivity index (χ2n) is 15.1. The number of aromatic hydroxyl groups is 1. The van der Waals surface area contributed by atoms with Crippen molar-refractivity contribution in [3.05, 3.63) is 114 Å². The summed E-state index contributed by atoms with van der Waals surface area (Å²) in [7, 11) is 1.92. The van der Waals surface area contributed by atoms with Gasteiger partial charge in [-0.05, 0) is 49.1 Å². The van der Waals surface area contributed by atoms with Crippen LogP contribution in [0, 0.1) is 0 Å². The molecule has 288 valence electrons. The molecule has 4 heterocycles. The van der Waals surface area contributed by atoms with Crippen molar-refractivity contribution in [1.29, 1.82) is 0 Å². The van der Waals surface area contributed by atoms with Crippen LogP contribution in [0.4, 0.5) is 0 Å². The molecule has 3 aromatic carbocycles. The number of piperazine rings is 2. The Morgan fingerprint density at radius 2 is 1.65 bits per heavy atom. The molecule has 3 saturated heterocycles. The van der Waals surface area contributed by atoms with Crippen molar-refractivity contribution >= 4 is 34.5 Å². The number of nitrogens with zero attached hydrogens (tertiary/aromatic N) is 7. The molecule has 12 heteroatoms. The number of phenols is 1. The molecule has 1 N–H and O–H groups in total. The van der Waals surface area contributed by atoms with Gasteiger partial charge in [0.1, 0.15) is 18.0 Å². The minimum absolute atomic E-state index is 0.00232. The third-order valence-corrected chi connectivity index (χ3v) is 11.3. The van der Waals surface area contributed by atoms with Gasteiger partial charge in [0.2, 0.25) is 17.7 Å². The molecule has 0 aliphatic carbocycles. The van der Waals surface area contributed by atoms with Crippen molar-refractivity contribution in [2.24, 2.45) is 7.05 Å². The van der Waals surface area contributed by atoms with Crippen LogP contribution in [0.25, 0.3) is 10.9 Å². The largest absolute Gasteiger partial charge is 0.508 e. The average Bonchev–Trinajstić information content (AvgIpc) is 3.53. The number of carbonyl (C=O) groups is 4. The first-order valence-electron chi connectivity index (χ1n) is 19.2. The first-order valence-corrected chi connectivity index (χ1v) is 19.2. The number of aryl methyl sites for hydroxylation is 2. The highest BCUT2D eigenvalue weighted by Gasteiger charge is 2.51. The molecule has 2 atom stereocenters. The van der Waals surface area contributed by atoms with E-state index < -0.39 is 12.2 Å². The highest BCUT2D eigenvalue weighted by Crippen LogP contribution is 2.32. The zero-order chi connectivity index (χ0) is 38.8. The Labute approximate surface area is 322 Å².